The third kappa shape index (κ3) is 4.89. The van der Waals surface area contributed by atoms with E-state index in [0.717, 1.165) is 6.26 Å². The van der Waals surface area contributed by atoms with Crippen molar-refractivity contribution in [3.05, 3.63) is 23.8 Å². The van der Waals surface area contributed by atoms with Crippen LogP contribution in [0.15, 0.2) is 18.2 Å². The Morgan fingerprint density at radius 1 is 1.07 bits per heavy atom. The molecule has 1 aliphatic rings. The molecule has 150 valence electrons. The number of rotatable bonds is 8. The van der Waals surface area contributed by atoms with Gasteiger partial charge in [0.2, 0.25) is 0 Å². The molecule has 0 aliphatic carbocycles. The lowest BCUT2D eigenvalue weighted by Crippen LogP contribution is -2.55. The molecular weight excluding hydrogens is 380 g/mol. The highest BCUT2D eigenvalue weighted by Crippen LogP contribution is 2.41. The molecule has 0 aromatic heterocycles. The zero-order chi connectivity index (χ0) is 20.2. The van der Waals surface area contributed by atoms with Gasteiger partial charge in [-0.2, -0.15) is 8.42 Å². The largest absolute Gasteiger partial charge is 0.460 e. The van der Waals surface area contributed by atoms with Crippen molar-refractivity contribution in [1.82, 2.24) is 0 Å². The van der Waals surface area contributed by atoms with Gasteiger partial charge in [-0.1, -0.05) is 6.07 Å². The Balaban J connectivity index is 2.25. The van der Waals surface area contributed by atoms with Gasteiger partial charge < -0.3 is 18.9 Å². The summed E-state index contributed by atoms with van der Waals surface area (Å²) in [5, 5.41) is 0. The second-order valence-electron chi connectivity index (χ2n) is 5.86. The van der Waals surface area contributed by atoms with Gasteiger partial charge >= 0.3 is 17.7 Å². The van der Waals surface area contributed by atoms with E-state index in [1.54, 1.807) is 26.8 Å². The highest BCUT2D eigenvalue weighted by atomic mass is 32.2. The number of carbonyl (C=O) groups is 2. The predicted octanol–water partition coefficient (Wildman–Crippen LogP) is 1.19. The van der Waals surface area contributed by atoms with Crippen LogP contribution in [0.4, 0.5) is 0 Å². The summed E-state index contributed by atoms with van der Waals surface area (Å²) < 4.78 is 48.1. The number of hydrogen-bond donors (Lipinski definition) is 0. The first-order valence-corrected chi connectivity index (χ1v) is 10.2. The molecule has 1 heterocycles. The summed E-state index contributed by atoms with van der Waals surface area (Å²) in [5.41, 5.74) is 0.664. The first kappa shape index (κ1) is 21.0. The molecule has 1 aliphatic heterocycles. The van der Waals surface area contributed by atoms with E-state index in [1.165, 1.54) is 12.1 Å². The van der Waals surface area contributed by atoms with E-state index < -0.39 is 33.9 Å². The standard InChI is InChI=1S/C17H22O9S/c1-5-22-15(18)17(16(19)23-6-2)24-13-8-7-12(10-14(13)25-17)9-11(3)26-27(4,20)21/h7-8,10-11H,5-6,9H2,1-4H3/t11-/m1/s1. The lowest BCUT2D eigenvalue weighted by Gasteiger charge is -2.22. The smallest absolute Gasteiger partial charge is 0.453 e. The number of hydrogen-bond acceptors (Lipinski definition) is 9. The molecule has 0 radical (unpaired) electrons. The third-order valence-electron chi connectivity index (χ3n) is 3.47. The summed E-state index contributed by atoms with van der Waals surface area (Å²) in [5.74, 6) is -4.09. The molecule has 1 atom stereocenters. The minimum atomic E-state index is -3.59. The zero-order valence-corrected chi connectivity index (χ0v) is 16.3. The van der Waals surface area contributed by atoms with Crippen molar-refractivity contribution in [1.29, 1.82) is 0 Å². The quantitative estimate of drug-likeness (QED) is 0.359. The van der Waals surface area contributed by atoms with E-state index in [2.05, 4.69) is 0 Å². The molecule has 9 nitrogen and oxygen atoms in total. The van der Waals surface area contributed by atoms with Gasteiger partial charge in [0.1, 0.15) is 0 Å². The molecule has 0 N–H and O–H groups in total. The van der Waals surface area contributed by atoms with Crippen molar-refractivity contribution in [3.63, 3.8) is 0 Å². The van der Waals surface area contributed by atoms with Gasteiger partial charge in [-0.05, 0) is 44.9 Å². The maximum absolute atomic E-state index is 12.3. The van der Waals surface area contributed by atoms with Crippen LogP contribution in [-0.4, -0.2) is 51.7 Å². The van der Waals surface area contributed by atoms with Crippen LogP contribution in [-0.2, 0) is 39.8 Å². The van der Waals surface area contributed by atoms with Crippen LogP contribution < -0.4 is 9.47 Å². The monoisotopic (exact) mass is 402 g/mol. The van der Waals surface area contributed by atoms with Crippen molar-refractivity contribution in [3.8, 4) is 11.5 Å². The van der Waals surface area contributed by atoms with Crippen molar-refractivity contribution in [2.24, 2.45) is 0 Å². The van der Waals surface area contributed by atoms with Gasteiger partial charge in [0.15, 0.2) is 11.5 Å². The van der Waals surface area contributed by atoms with E-state index in [0.29, 0.717) is 5.56 Å². The normalized spacial score (nSPS) is 15.9. The molecule has 27 heavy (non-hydrogen) atoms. The Bertz CT molecular complexity index is 798. The molecule has 1 aromatic carbocycles. The lowest BCUT2D eigenvalue weighted by atomic mass is 10.1. The van der Waals surface area contributed by atoms with E-state index in [-0.39, 0.29) is 31.1 Å². The van der Waals surface area contributed by atoms with E-state index in [4.69, 9.17) is 23.1 Å². The third-order valence-corrected chi connectivity index (χ3v) is 4.14. The maximum Gasteiger partial charge on any atom is 0.453 e. The molecule has 2 rings (SSSR count). The van der Waals surface area contributed by atoms with Gasteiger partial charge in [0.25, 0.3) is 10.1 Å². The Labute approximate surface area is 157 Å². The highest BCUT2D eigenvalue weighted by Gasteiger charge is 2.59. The van der Waals surface area contributed by atoms with Crippen molar-refractivity contribution >= 4 is 22.1 Å². The highest BCUT2D eigenvalue weighted by molar-refractivity contribution is 7.86. The second kappa shape index (κ2) is 8.13. The Hall–Kier alpha value is -2.33. The fourth-order valence-electron chi connectivity index (χ4n) is 2.54. The fraction of sp³-hybridized carbons (Fsp3) is 0.529. The topological polar surface area (TPSA) is 114 Å². The van der Waals surface area contributed by atoms with Gasteiger partial charge in [-0.15, -0.1) is 0 Å². The molecule has 0 saturated carbocycles. The number of ether oxygens (including phenoxy) is 4. The average molecular weight is 402 g/mol. The van der Waals surface area contributed by atoms with Crippen LogP contribution in [0.5, 0.6) is 11.5 Å². The molecule has 0 spiro atoms. The van der Waals surface area contributed by atoms with Crippen LogP contribution in [0.2, 0.25) is 0 Å². The Kier molecular flexibility index (Phi) is 6.32. The number of benzene rings is 1. The van der Waals surface area contributed by atoms with Crippen LogP contribution in [0.1, 0.15) is 26.3 Å². The van der Waals surface area contributed by atoms with Gasteiger partial charge in [-0.25, -0.2) is 9.59 Å². The summed E-state index contributed by atoms with van der Waals surface area (Å²) in [6, 6.07) is 4.70. The lowest BCUT2D eigenvalue weighted by molar-refractivity contribution is -0.202. The SMILES string of the molecule is CCOC(=O)C1(C(=O)OCC)Oc2ccc(C[C@@H](C)OS(C)(=O)=O)cc2O1. The van der Waals surface area contributed by atoms with Crippen LogP contribution in [0.25, 0.3) is 0 Å². The first-order chi connectivity index (χ1) is 12.6. The molecular formula is C17H22O9S. The van der Waals surface area contributed by atoms with Crippen molar-refractivity contribution < 1.29 is 41.1 Å². The average Bonchev–Trinajstić information content (AvgIpc) is 2.93. The Morgan fingerprint density at radius 3 is 2.15 bits per heavy atom. The van der Waals surface area contributed by atoms with E-state index in [9.17, 15) is 18.0 Å². The van der Waals surface area contributed by atoms with E-state index in [1.807, 2.05) is 0 Å². The summed E-state index contributed by atoms with van der Waals surface area (Å²) in [6.45, 7) is 4.82. The molecule has 0 amide bonds. The van der Waals surface area contributed by atoms with Crippen LogP contribution >= 0.6 is 0 Å². The van der Waals surface area contributed by atoms with Crippen molar-refractivity contribution in [2.75, 3.05) is 19.5 Å². The first-order valence-electron chi connectivity index (χ1n) is 8.35. The molecule has 10 heteroatoms. The maximum atomic E-state index is 12.3. The molecule has 0 saturated heterocycles. The molecule has 0 fully saturated rings. The minimum Gasteiger partial charge on any atom is -0.460 e. The Morgan fingerprint density at radius 2 is 1.63 bits per heavy atom. The summed E-state index contributed by atoms with van der Waals surface area (Å²) >= 11 is 0. The van der Waals surface area contributed by atoms with Crippen LogP contribution in [0.3, 0.4) is 0 Å². The van der Waals surface area contributed by atoms with Crippen LogP contribution in [0, 0.1) is 0 Å². The fourth-order valence-corrected chi connectivity index (χ4v) is 3.21. The number of esters is 2. The predicted molar refractivity (Wildman–Crippen MR) is 92.8 cm³/mol. The number of carbonyl (C=O) groups excluding carboxylic acids is 2. The van der Waals surface area contributed by atoms with Gasteiger partial charge in [0, 0.05) is 0 Å². The summed E-state index contributed by atoms with van der Waals surface area (Å²) in [4.78, 5) is 24.6. The molecule has 0 unspecified atom stereocenters. The van der Waals surface area contributed by atoms with Crippen molar-refractivity contribution in [2.45, 2.75) is 39.1 Å². The summed E-state index contributed by atoms with van der Waals surface area (Å²) in [6.07, 6.45) is 0.617. The summed E-state index contributed by atoms with van der Waals surface area (Å²) in [7, 11) is -3.59. The zero-order valence-electron chi connectivity index (χ0n) is 15.5. The minimum absolute atomic E-state index is 0.0225. The van der Waals surface area contributed by atoms with E-state index >= 15 is 0 Å². The molecule has 1 aromatic rings. The van der Waals surface area contributed by atoms with Gasteiger partial charge in [-0.3, -0.25) is 4.18 Å². The number of fused-ring (bicyclic) bond motifs is 1. The molecule has 0 bridgehead atoms. The second-order valence-corrected chi connectivity index (χ2v) is 7.46. The van der Waals surface area contributed by atoms with Gasteiger partial charge in [0.05, 0.1) is 25.6 Å².